The second kappa shape index (κ2) is 11.0. The molecule has 0 aliphatic carbocycles. The zero-order valence-corrected chi connectivity index (χ0v) is 25.9. The van der Waals surface area contributed by atoms with Gasteiger partial charge in [-0.3, -0.25) is 0 Å². The first-order valence-electron chi connectivity index (χ1n) is 15.7. The zero-order chi connectivity index (χ0) is 30.5. The fourth-order valence-electron chi connectivity index (χ4n) is 6.61. The van der Waals surface area contributed by atoms with Gasteiger partial charge in [0.25, 0.3) is 0 Å². The highest BCUT2D eigenvalue weighted by molar-refractivity contribution is 7.26. The first-order valence-corrected chi connectivity index (χ1v) is 16.5. The van der Waals surface area contributed by atoms with Crippen LogP contribution in [0.2, 0.25) is 0 Å². The van der Waals surface area contributed by atoms with E-state index in [-0.39, 0.29) is 0 Å². The molecule has 2 heteroatoms. The van der Waals surface area contributed by atoms with Gasteiger partial charge in [0, 0.05) is 31.5 Å². The van der Waals surface area contributed by atoms with Crippen LogP contribution < -0.4 is 5.32 Å². The predicted octanol–water partition coefficient (Wildman–Crippen LogP) is 13.1. The molecular weight excluding hydrogens is 575 g/mol. The zero-order valence-electron chi connectivity index (χ0n) is 25.1. The Morgan fingerprint density at radius 3 is 1.52 bits per heavy atom. The Kier molecular flexibility index (Phi) is 6.40. The van der Waals surface area contributed by atoms with E-state index in [4.69, 9.17) is 0 Å². The van der Waals surface area contributed by atoms with E-state index >= 15 is 0 Å². The van der Waals surface area contributed by atoms with E-state index in [9.17, 15) is 0 Å². The quantitative estimate of drug-likeness (QED) is 0.206. The monoisotopic (exact) mass is 603 g/mol. The fourth-order valence-corrected chi connectivity index (χ4v) is 7.74. The molecule has 9 aromatic rings. The second-order valence-electron chi connectivity index (χ2n) is 11.9. The number of hydrogen-bond acceptors (Lipinski definition) is 2. The molecule has 0 atom stereocenters. The third kappa shape index (κ3) is 4.81. The van der Waals surface area contributed by atoms with Crippen molar-refractivity contribution in [3.05, 3.63) is 170 Å². The Morgan fingerprint density at radius 1 is 0.348 bits per heavy atom. The van der Waals surface area contributed by atoms with Gasteiger partial charge in [-0.1, -0.05) is 121 Å². The van der Waals surface area contributed by atoms with Gasteiger partial charge in [-0.15, -0.1) is 11.3 Å². The molecule has 1 nitrogen and oxygen atoms in total. The van der Waals surface area contributed by atoms with Gasteiger partial charge in [-0.05, 0) is 103 Å². The summed E-state index contributed by atoms with van der Waals surface area (Å²) in [5, 5.41) is 11.3. The molecule has 0 spiro atoms. The average molecular weight is 604 g/mol. The SMILES string of the molecule is c1ccc2cc(-c3ccc4cc(-c5ccc(-c6ccc(Nc7cccc8sc9ccccc9c78)cc6)cc5)ccc4c3)ccc2c1. The maximum Gasteiger partial charge on any atom is 0.0478 e. The van der Waals surface area contributed by atoms with Gasteiger partial charge in [0.1, 0.15) is 0 Å². The highest BCUT2D eigenvalue weighted by Crippen LogP contribution is 2.39. The largest absolute Gasteiger partial charge is 0.355 e. The highest BCUT2D eigenvalue weighted by atomic mass is 32.1. The number of fused-ring (bicyclic) bond motifs is 5. The second-order valence-corrected chi connectivity index (χ2v) is 13.0. The van der Waals surface area contributed by atoms with Crippen LogP contribution in [0, 0.1) is 0 Å². The van der Waals surface area contributed by atoms with Crippen LogP contribution in [0.1, 0.15) is 0 Å². The van der Waals surface area contributed by atoms with Gasteiger partial charge in [-0.25, -0.2) is 0 Å². The first kappa shape index (κ1) is 26.7. The van der Waals surface area contributed by atoms with Crippen molar-refractivity contribution in [1.82, 2.24) is 0 Å². The summed E-state index contributed by atoms with van der Waals surface area (Å²) in [5.41, 5.74) is 9.59. The number of rotatable bonds is 5. The normalized spacial score (nSPS) is 11.5. The molecule has 216 valence electrons. The predicted molar refractivity (Wildman–Crippen MR) is 200 cm³/mol. The Morgan fingerprint density at radius 2 is 0.826 bits per heavy atom. The van der Waals surface area contributed by atoms with E-state index in [1.165, 1.54) is 75.1 Å². The van der Waals surface area contributed by atoms with Crippen molar-refractivity contribution in [2.45, 2.75) is 0 Å². The molecule has 1 aromatic heterocycles. The van der Waals surface area contributed by atoms with Crippen molar-refractivity contribution in [2.24, 2.45) is 0 Å². The molecule has 0 saturated carbocycles. The lowest BCUT2D eigenvalue weighted by Crippen LogP contribution is -1.91. The maximum absolute atomic E-state index is 3.68. The molecule has 46 heavy (non-hydrogen) atoms. The third-order valence-corrected chi connectivity index (χ3v) is 10.2. The standard InChI is InChI=1S/C44H29NS/c1-2-7-33-26-35(17-16-29(33)6-1)38-21-20-36-27-34(18-19-37(36)28-38)32-14-12-30(13-15-32)31-22-24-39(25-23-31)45-41-9-5-11-43-44(41)40-8-3-4-10-42(40)46-43/h1-28,45H. The topological polar surface area (TPSA) is 12.0 Å². The number of benzene rings is 8. The number of hydrogen-bond donors (Lipinski definition) is 1. The molecular formula is C44H29NS. The third-order valence-electron chi connectivity index (χ3n) is 9.04. The van der Waals surface area contributed by atoms with Gasteiger partial charge in [0.05, 0.1) is 0 Å². The number of anilines is 2. The van der Waals surface area contributed by atoms with Crippen molar-refractivity contribution >= 4 is 64.4 Å². The molecule has 0 aliphatic heterocycles. The summed E-state index contributed by atoms with van der Waals surface area (Å²) in [4.78, 5) is 0. The van der Waals surface area contributed by atoms with Crippen LogP contribution in [-0.4, -0.2) is 0 Å². The lowest BCUT2D eigenvalue weighted by atomic mass is 9.96. The maximum atomic E-state index is 3.68. The van der Waals surface area contributed by atoms with Crippen molar-refractivity contribution in [1.29, 1.82) is 0 Å². The molecule has 0 bridgehead atoms. The van der Waals surface area contributed by atoms with Crippen molar-refractivity contribution < 1.29 is 0 Å². The van der Waals surface area contributed by atoms with Crippen molar-refractivity contribution in [3.8, 4) is 33.4 Å². The first-order chi connectivity index (χ1) is 22.7. The summed E-state index contributed by atoms with van der Waals surface area (Å²) in [6.07, 6.45) is 0. The molecule has 0 amide bonds. The van der Waals surface area contributed by atoms with Crippen molar-refractivity contribution in [2.75, 3.05) is 5.32 Å². The molecule has 9 rings (SSSR count). The van der Waals surface area contributed by atoms with Crippen LogP contribution in [0.5, 0.6) is 0 Å². The van der Waals surface area contributed by atoms with Gasteiger partial charge in [0.2, 0.25) is 0 Å². The highest BCUT2D eigenvalue weighted by Gasteiger charge is 2.10. The molecule has 0 aliphatic rings. The average Bonchev–Trinajstić information content (AvgIpc) is 3.51. The number of nitrogens with one attached hydrogen (secondary N) is 1. The summed E-state index contributed by atoms with van der Waals surface area (Å²) < 4.78 is 2.63. The summed E-state index contributed by atoms with van der Waals surface area (Å²) in [5.74, 6) is 0. The van der Waals surface area contributed by atoms with Crippen LogP contribution in [0.15, 0.2) is 170 Å². The Labute approximate surface area is 272 Å². The van der Waals surface area contributed by atoms with Crippen LogP contribution in [-0.2, 0) is 0 Å². The van der Waals surface area contributed by atoms with Crippen LogP contribution in [0.3, 0.4) is 0 Å². The molecule has 0 saturated heterocycles. The minimum Gasteiger partial charge on any atom is -0.355 e. The van der Waals surface area contributed by atoms with Crippen LogP contribution in [0.4, 0.5) is 11.4 Å². The molecule has 1 heterocycles. The van der Waals surface area contributed by atoms with E-state index < -0.39 is 0 Å². The summed E-state index contributed by atoms with van der Waals surface area (Å²) in [6, 6.07) is 61.6. The fraction of sp³-hybridized carbons (Fsp3) is 0. The lowest BCUT2D eigenvalue weighted by Gasteiger charge is -2.11. The number of thiophene rings is 1. The Bertz CT molecular complexity index is 2540. The molecule has 0 unspecified atom stereocenters. The summed E-state index contributed by atoms with van der Waals surface area (Å²) in [6.45, 7) is 0. The van der Waals surface area contributed by atoms with E-state index in [2.05, 4.69) is 175 Å². The van der Waals surface area contributed by atoms with Crippen LogP contribution >= 0.6 is 11.3 Å². The van der Waals surface area contributed by atoms with E-state index in [1.54, 1.807) is 0 Å². The van der Waals surface area contributed by atoms with Crippen LogP contribution in [0.25, 0.3) is 75.1 Å². The van der Waals surface area contributed by atoms with Gasteiger partial charge in [-0.2, -0.15) is 0 Å². The summed E-state index contributed by atoms with van der Waals surface area (Å²) >= 11 is 1.85. The smallest absolute Gasteiger partial charge is 0.0478 e. The Hall–Kier alpha value is -5.70. The molecule has 0 radical (unpaired) electrons. The Balaban J connectivity index is 0.944. The lowest BCUT2D eigenvalue weighted by molar-refractivity contribution is 1.56. The minimum absolute atomic E-state index is 1.09. The van der Waals surface area contributed by atoms with E-state index in [0.717, 1.165) is 11.4 Å². The molecule has 1 N–H and O–H groups in total. The van der Waals surface area contributed by atoms with Gasteiger partial charge < -0.3 is 5.32 Å². The van der Waals surface area contributed by atoms with Gasteiger partial charge >= 0.3 is 0 Å². The minimum atomic E-state index is 1.09. The van der Waals surface area contributed by atoms with E-state index in [1.807, 2.05) is 11.3 Å². The van der Waals surface area contributed by atoms with Gasteiger partial charge in [0.15, 0.2) is 0 Å². The summed E-state index contributed by atoms with van der Waals surface area (Å²) in [7, 11) is 0. The van der Waals surface area contributed by atoms with E-state index in [0.29, 0.717) is 0 Å². The molecule has 8 aromatic carbocycles. The molecule has 0 fully saturated rings. The van der Waals surface area contributed by atoms with Crippen molar-refractivity contribution in [3.63, 3.8) is 0 Å².